The highest BCUT2D eigenvalue weighted by atomic mass is 19.1. The Kier molecular flexibility index (Phi) is 2.29. The number of benzene rings is 1. The van der Waals surface area contributed by atoms with E-state index >= 15 is 0 Å². The van der Waals surface area contributed by atoms with E-state index in [9.17, 15) is 9.50 Å². The molecule has 0 heterocycles. The van der Waals surface area contributed by atoms with Crippen LogP contribution in [0.3, 0.4) is 0 Å². The zero-order valence-electron chi connectivity index (χ0n) is 8.83. The van der Waals surface area contributed by atoms with Crippen LogP contribution in [0.1, 0.15) is 29.9 Å². The van der Waals surface area contributed by atoms with Crippen molar-refractivity contribution in [2.45, 2.75) is 31.4 Å². The third-order valence-corrected chi connectivity index (χ3v) is 3.37. The molecular formula is C13H15FO. The molecule has 1 aromatic rings. The molecule has 1 N–H and O–H groups in total. The van der Waals surface area contributed by atoms with Gasteiger partial charge in [-0.2, -0.15) is 0 Å². The van der Waals surface area contributed by atoms with Crippen molar-refractivity contribution in [3.8, 4) is 5.75 Å². The van der Waals surface area contributed by atoms with E-state index in [1.165, 1.54) is 6.08 Å². The van der Waals surface area contributed by atoms with Gasteiger partial charge in [-0.25, -0.2) is 4.39 Å². The van der Waals surface area contributed by atoms with Gasteiger partial charge in [-0.15, -0.1) is 0 Å². The lowest BCUT2D eigenvalue weighted by Gasteiger charge is -2.41. The fourth-order valence-corrected chi connectivity index (χ4v) is 2.10. The first-order valence-electron chi connectivity index (χ1n) is 5.19. The monoisotopic (exact) mass is 206 g/mol. The molecule has 0 amide bonds. The number of alkyl halides is 1. The quantitative estimate of drug-likeness (QED) is 0.734. The van der Waals surface area contributed by atoms with Crippen molar-refractivity contribution >= 4 is 0 Å². The molecule has 2 atom stereocenters. The van der Waals surface area contributed by atoms with Crippen molar-refractivity contribution in [3.05, 3.63) is 42.0 Å². The van der Waals surface area contributed by atoms with Crippen LogP contribution in [0.2, 0.25) is 0 Å². The molecule has 15 heavy (non-hydrogen) atoms. The summed E-state index contributed by atoms with van der Waals surface area (Å²) in [4.78, 5) is 0. The number of allylic oxidation sites excluding steroid dienone is 1. The zero-order chi connectivity index (χ0) is 11.1. The van der Waals surface area contributed by atoms with Crippen molar-refractivity contribution in [2.24, 2.45) is 0 Å². The largest absolute Gasteiger partial charge is 0.508 e. The Morgan fingerprint density at radius 3 is 2.80 bits per heavy atom. The number of hydrogen-bond acceptors (Lipinski definition) is 1. The Bertz CT molecular complexity index is 400. The molecule has 0 bridgehead atoms. The molecule has 1 aliphatic rings. The molecule has 0 radical (unpaired) electrons. The number of hydrogen-bond donors (Lipinski definition) is 1. The molecule has 0 aromatic heterocycles. The van der Waals surface area contributed by atoms with Crippen LogP contribution in [0.25, 0.3) is 0 Å². The summed E-state index contributed by atoms with van der Waals surface area (Å²) in [6.07, 6.45) is 2.75. The summed E-state index contributed by atoms with van der Waals surface area (Å²) in [6.45, 7) is 5.36. The standard InChI is InChI=1S/C13H15FO/c1-3-13(14)7-6-11(13)10-5-4-9(2)12(15)8-10/h3-5,8,11,15H,1,6-7H2,2H3. The first kappa shape index (κ1) is 10.2. The Balaban J connectivity index is 2.31. The van der Waals surface area contributed by atoms with Gasteiger partial charge in [0.1, 0.15) is 11.4 Å². The average molecular weight is 206 g/mol. The molecule has 2 unspecified atom stereocenters. The Morgan fingerprint density at radius 2 is 2.33 bits per heavy atom. The summed E-state index contributed by atoms with van der Waals surface area (Å²) in [7, 11) is 0. The average Bonchev–Trinajstić information content (AvgIpc) is 2.21. The van der Waals surface area contributed by atoms with E-state index < -0.39 is 5.67 Å². The van der Waals surface area contributed by atoms with Gasteiger partial charge in [-0.3, -0.25) is 0 Å². The highest BCUT2D eigenvalue weighted by Crippen LogP contribution is 2.50. The summed E-state index contributed by atoms with van der Waals surface area (Å²) in [5.41, 5.74) is 0.412. The molecule has 0 aliphatic heterocycles. The number of halogens is 1. The highest BCUT2D eigenvalue weighted by Gasteiger charge is 2.45. The summed E-state index contributed by atoms with van der Waals surface area (Å²) in [6, 6.07) is 5.38. The van der Waals surface area contributed by atoms with Gasteiger partial charge in [-0.1, -0.05) is 24.8 Å². The smallest absolute Gasteiger partial charge is 0.135 e. The zero-order valence-corrected chi connectivity index (χ0v) is 8.83. The predicted molar refractivity (Wildman–Crippen MR) is 58.9 cm³/mol. The second kappa shape index (κ2) is 3.37. The third-order valence-electron chi connectivity index (χ3n) is 3.37. The minimum absolute atomic E-state index is 0.138. The van der Waals surface area contributed by atoms with Crippen molar-refractivity contribution in [3.63, 3.8) is 0 Å². The summed E-state index contributed by atoms with van der Waals surface area (Å²) >= 11 is 0. The summed E-state index contributed by atoms with van der Waals surface area (Å²) in [5.74, 6) is 0.104. The van der Waals surface area contributed by atoms with Gasteiger partial charge in [-0.05, 0) is 37.0 Å². The van der Waals surface area contributed by atoms with E-state index in [0.29, 0.717) is 6.42 Å². The Labute approximate surface area is 89.3 Å². The minimum atomic E-state index is -1.28. The maximum atomic E-state index is 14.0. The van der Waals surface area contributed by atoms with Crippen LogP contribution in [-0.4, -0.2) is 10.8 Å². The van der Waals surface area contributed by atoms with Crippen LogP contribution < -0.4 is 0 Å². The van der Waals surface area contributed by atoms with Crippen LogP contribution in [0.15, 0.2) is 30.9 Å². The third kappa shape index (κ3) is 1.54. The lowest BCUT2D eigenvalue weighted by Crippen LogP contribution is -2.38. The first-order chi connectivity index (χ1) is 7.07. The van der Waals surface area contributed by atoms with Gasteiger partial charge >= 0.3 is 0 Å². The van der Waals surface area contributed by atoms with Crippen LogP contribution in [0.4, 0.5) is 4.39 Å². The maximum absolute atomic E-state index is 14.0. The van der Waals surface area contributed by atoms with Crippen LogP contribution in [0, 0.1) is 6.92 Å². The van der Waals surface area contributed by atoms with Gasteiger partial charge in [0.2, 0.25) is 0 Å². The van der Waals surface area contributed by atoms with E-state index in [1.807, 2.05) is 19.1 Å². The van der Waals surface area contributed by atoms with Crippen LogP contribution in [0.5, 0.6) is 5.75 Å². The van der Waals surface area contributed by atoms with E-state index in [4.69, 9.17) is 0 Å². The molecule has 80 valence electrons. The fourth-order valence-electron chi connectivity index (χ4n) is 2.10. The van der Waals surface area contributed by atoms with Gasteiger partial charge < -0.3 is 5.11 Å². The second-order valence-corrected chi connectivity index (χ2v) is 4.27. The number of rotatable bonds is 2. The Morgan fingerprint density at radius 1 is 1.60 bits per heavy atom. The number of phenolic OH excluding ortho intramolecular Hbond substituents is 1. The number of aromatic hydroxyl groups is 1. The molecule has 1 fully saturated rings. The maximum Gasteiger partial charge on any atom is 0.135 e. The molecule has 1 aromatic carbocycles. The van der Waals surface area contributed by atoms with Crippen molar-refractivity contribution in [1.29, 1.82) is 0 Å². The molecule has 1 saturated carbocycles. The van der Waals surface area contributed by atoms with Crippen molar-refractivity contribution in [2.75, 3.05) is 0 Å². The number of phenols is 1. The second-order valence-electron chi connectivity index (χ2n) is 4.27. The Hall–Kier alpha value is -1.31. The molecule has 1 nitrogen and oxygen atoms in total. The molecule has 0 spiro atoms. The molecule has 2 heteroatoms. The molecule has 1 aliphatic carbocycles. The van der Waals surface area contributed by atoms with Gasteiger partial charge in [0.15, 0.2) is 0 Å². The topological polar surface area (TPSA) is 20.2 Å². The van der Waals surface area contributed by atoms with E-state index in [-0.39, 0.29) is 11.7 Å². The minimum Gasteiger partial charge on any atom is -0.508 e. The molecular weight excluding hydrogens is 191 g/mol. The van der Waals surface area contributed by atoms with Crippen molar-refractivity contribution < 1.29 is 9.50 Å². The highest BCUT2D eigenvalue weighted by molar-refractivity contribution is 5.40. The fraction of sp³-hybridized carbons (Fsp3) is 0.385. The lowest BCUT2D eigenvalue weighted by atomic mass is 9.67. The van der Waals surface area contributed by atoms with Crippen molar-refractivity contribution in [1.82, 2.24) is 0 Å². The van der Waals surface area contributed by atoms with Gasteiger partial charge in [0.25, 0.3) is 0 Å². The molecule has 0 saturated heterocycles. The van der Waals surface area contributed by atoms with E-state index in [0.717, 1.165) is 17.5 Å². The van der Waals surface area contributed by atoms with Crippen LogP contribution >= 0.6 is 0 Å². The normalized spacial score (nSPS) is 29.6. The van der Waals surface area contributed by atoms with Crippen LogP contribution in [-0.2, 0) is 0 Å². The summed E-state index contributed by atoms with van der Waals surface area (Å²) in [5, 5.41) is 9.56. The van der Waals surface area contributed by atoms with E-state index in [1.54, 1.807) is 6.07 Å². The van der Waals surface area contributed by atoms with Gasteiger partial charge in [0.05, 0.1) is 0 Å². The molecule has 2 rings (SSSR count). The van der Waals surface area contributed by atoms with Gasteiger partial charge in [0, 0.05) is 5.92 Å². The predicted octanol–water partition coefficient (Wildman–Crippen LogP) is 3.47. The lowest BCUT2D eigenvalue weighted by molar-refractivity contribution is 0.0833. The van der Waals surface area contributed by atoms with E-state index in [2.05, 4.69) is 6.58 Å². The SMILES string of the molecule is C=CC1(F)CCC1c1ccc(C)c(O)c1. The first-order valence-corrected chi connectivity index (χ1v) is 5.19. The summed E-state index contributed by atoms with van der Waals surface area (Å²) < 4.78 is 14.0. The number of aryl methyl sites for hydroxylation is 1.